The van der Waals surface area contributed by atoms with E-state index in [1.54, 1.807) is 13.0 Å². The van der Waals surface area contributed by atoms with E-state index >= 15 is 0 Å². The topological polar surface area (TPSA) is 99.0 Å². The summed E-state index contributed by atoms with van der Waals surface area (Å²) < 4.78 is 45.6. The smallest absolute Gasteiger partial charge is 0.418 e. The molecule has 0 radical (unpaired) electrons. The van der Waals surface area contributed by atoms with Gasteiger partial charge in [0.2, 0.25) is 11.1 Å². The normalized spacial score (nSPS) is 11.6. The Morgan fingerprint density at radius 2 is 2.11 bits per heavy atom. The van der Waals surface area contributed by atoms with Gasteiger partial charge in [0, 0.05) is 5.02 Å². The third-order valence-corrected chi connectivity index (χ3v) is 4.84. The Kier molecular flexibility index (Phi) is 5.57. The van der Waals surface area contributed by atoms with Crippen LogP contribution in [0.25, 0.3) is 11.4 Å². The fraction of sp³-hybridized carbons (Fsp3) is 0.188. The van der Waals surface area contributed by atoms with Gasteiger partial charge in [-0.25, -0.2) is 4.68 Å². The number of carbonyl (C=O) groups is 1. The molecule has 1 amide bonds. The summed E-state index contributed by atoms with van der Waals surface area (Å²) in [5.74, 6) is 5.98. The molecule has 3 rings (SSSR count). The minimum Gasteiger partial charge on any atom is -0.469 e. The van der Waals surface area contributed by atoms with Crippen molar-refractivity contribution in [3.8, 4) is 11.4 Å². The lowest BCUT2D eigenvalue weighted by Crippen LogP contribution is -2.19. The molecule has 0 saturated carbocycles. The highest BCUT2D eigenvalue weighted by Gasteiger charge is 2.34. The number of nitrogens with two attached hydrogens (primary N) is 1. The molecule has 0 aliphatic heterocycles. The second-order valence-corrected chi connectivity index (χ2v) is 6.97. The van der Waals surface area contributed by atoms with Crippen molar-refractivity contribution in [2.45, 2.75) is 18.3 Å². The fourth-order valence-corrected chi connectivity index (χ4v) is 3.18. The second-order valence-electron chi connectivity index (χ2n) is 5.59. The standard InChI is InChI=1S/C16H13ClF3N5O2S/c1-8-10(4-5-27-8)14-23-24-15(25(14)21)28-7-13(26)22-12-3-2-9(17)6-11(12)16(18,19)20/h2-6H,7,21H2,1H3,(H,22,26). The molecule has 7 nitrogen and oxygen atoms in total. The number of anilines is 1. The van der Waals surface area contributed by atoms with Gasteiger partial charge in [0.15, 0.2) is 5.82 Å². The summed E-state index contributed by atoms with van der Waals surface area (Å²) in [4.78, 5) is 12.1. The molecule has 3 aromatic rings. The molecule has 148 valence electrons. The Bertz CT molecular complexity index is 1020. The average Bonchev–Trinajstić information content (AvgIpc) is 3.19. The van der Waals surface area contributed by atoms with Gasteiger partial charge >= 0.3 is 6.18 Å². The number of hydrogen-bond acceptors (Lipinski definition) is 6. The number of furan rings is 1. The van der Waals surface area contributed by atoms with Crippen molar-refractivity contribution < 1.29 is 22.4 Å². The minimum atomic E-state index is -4.66. The highest BCUT2D eigenvalue weighted by Crippen LogP contribution is 2.36. The molecule has 12 heteroatoms. The lowest BCUT2D eigenvalue weighted by molar-refractivity contribution is -0.137. The number of rotatable bonds is 5. The highest BCUT2D eigenvalue weighted by molar-refractivity contribution is 7.99. The first-order valence-electron chi connectivity index (χ1n) is 7.71. The summed E-state index contributed by atoms with van der Waals surface area (Å²) in [5, 5.41) is 10.2. The summed E-state index contributed by atoms with van der Waals surface area (Å²) in [6.07, 6.45) is -3.18. The maximum absolute atomic E-state index is 13.1. The van der Waals surface area contributed by atoms with Crippen LogP contribution in [0.2, 0.25) is 5.02 Å². The number of halogens is 4. The molecule has 0 saturated heterocycles. The van der Waals surface area contributed by atoms with Crippen LogP contribution < -0.4 is 11.2 Å². The predicted molar refractivity (Wildman–Crippen MR) is 98.4 cm³/mol. The van der Waals surface area contributed by atoms with Crippen LogP contribution in [-0.2, 0) is 11.0 Å². The first kappa shape index (κ1) is 20.1. The van der Waals surface area contributed by atoms with Crippen LogP contribution in [0.5, 0.6) is 0 Å². The second kappa shape index (κ2) is 7.76. The van der Waals surface area contributed by atoms with E-state index in [4.69, 9.17) is 21.9 Å². The average molecular weight is 432 g/mol. The molecule has 28 heavy (non-hydrogen) atoms. The Labute approximate surface area is 166 Å². The van der Waals surface area contributed by atoms with Gasteiger partial charge in [-0.05, 0) is 31.2 Å². The number of nitrogens with one attached hydrogen (secondary N) is 1. The largest absolute Gasteiger partial charge is 0.469 e. The van der Waals surface area contributed by atoms with E-state index in [1.165, 1.54) is 17.0 Å². The minimum absolute atomic E-state index is 0.0852. The quantitative estimate of drug-likeness (QED) is 0.468. The van der Waals surface area contributed by atoms with Crippen molar-refractivity contribution in [1.82, 2.24) is 14.9 Å². The summed E-state index contributed by atoms with van der Waals surface area (Å²) in [7, 11) is 0. The van der Waals surface area contributed by atoms with Crippen LogP contribution in [0.4, 0.5) is 18.9 Å². The number of carbonyl (C=O) groups excluding carboxylic acids is 1. The Hall–Kier alpha value is -2.66. The van der Waals surface area contributed by atoms with Crippen molar-refractivity contribution in [2.75, 3.05) is 16.9 Å². The maximum atomic E-state index is 13.1. The van der Waals surface area contributed by atoms with Gasteiger partial charge < -0.3 is 15.6 Å². The number of alkyl halides is 3. The van der Waals surface area contributed by atoms with E-state index in [2.05, 4.69) is 15.5 Å². The van der Waals surface area contributed by atoms with Crippen LogP contribution in [0.15, 0.2) is 40.1 Å². The number of nitrogens with zero attached hydrogens (tertiary/aromatic N) is 3. The highest BCUT2D eigenvalue weighted by atomic mass is 35.5. The van der Waals surface area contributed by atoms with E-state index in [0.29, 0.717) is 17.1 Å². The zero-order valence-corrected chi connectivity index (χ0v) is 15.8. The third kappa shape index (κ3) is 4.25. The monoisotopic (exact) mass is 431 g/mol. The van der Waals surface area contributed by atoms with Gasteiger partial charge in [0.05, 0.1) is 28.8 Å². The third-order valence-electron chi connectivity index (χ3n) is 3.66. The van der Waals surface area contributed by atoms with Gasteiger partial charge in [-0.2, -0.15) is 13.2 Å². The Morgan fingerprint density at radius 1 is 1.36 bits per heavy atom. The fourth-order valence-electron chi connectivity index (χ4n) is 2.35. The van der Waals surface area contributed by atoms with Gasteiger partial charge in [0.25, 0.3) is 0 Å². The van der Waals surface area contributed by atoms with Crippen LogP contribution in [0.1, 0.15) is 11.3 Å². The van der Waals surface area contributed by atoms with E-state index in [1.807, 2.05) is 0 Å². The Balaban J connectivity index is 1.69. The molecule has 0 aliphatic rings. The van der Waals surface area contributed by atoms with Crippen LogP contribution in [-0.4, -0.2) is 26.5 Å². The molecule has 1 aromatic carbocycles. The number of nitrogen functional groups attached to an aromatic ring is 1. The first-order valence-corrected chi connectivity index (χ1v) is 9.07. The lowest BCUT2D eigenvalue weighted by atomic mass is 10.1. The van der Waals surface area contributed by atoms with Crippen LogP contribution in [0, 0.1) is 6.92 Å². The molecule has 0 bridgehead atoms. The lowest BCUT2D eigenvalue weighted by Gasteiger charge is -2.14. The molecular weight excluding hydrogens is 419 g/mol. The molecule has 2 aromatic heterocycles. The van der Waals surface area contributed by atoms with Gasteiger partial charge in [-0.1, -0.05) is 23.4 Å². The molecule has 0 aliphatic carbocycles. The van der Waals surface area contributed by atoms with Crippen LogP contribution in [0.3, 0.4) is 0 Å². The van der Waals surface area contributed by atoms with Crippen molar-refractivity contribution in [3.63, 3.8) is 0 Å². The summed E-state index contributed by atoms with van der Waals surface area (Å²) in [6, 6.07) is 4.78. The van der Waals surface area contributed by atoms with E-state index in [9.17, 15) is 18.0 Å². The number of aryl methyl sites for hydroxylation is 1. The van der Waals surface area contributed by atoms with Crippen LogP contribution >= 0.6 is 23.4 Å². The van der Waals surface area contributed by atoms with Crippen molar-refractivity contribution in [2.24, 2.45) is 0 Å². The van der Waals surface area contributed by atoms with Gasteiger partial charge in [-0.15, -0.1) is 10.2 Å². The summed E-state index contributed by atoms with van der Waals surface area (Å²) >= 11 is 6.55. The van der Waals surface area contributed by atoms with Gasteiger partial charge in [-0.3, -0.25) is 4.79 Å². The number of benzene rings is 1. The summed E-state index contributed by atoms with van der Waals surface area (Å²) in [5.41, 5.74) is -0.772. The van der Waals surface area contributed by atoms with Crippen molar-refractivity contribution in [3.05, 3.63) is 46.9 Å². The van der Waals surface area contributed by atoms with E-state index in [0.717, 1.165) is 23.9 Å². The first-order chi connectivity index (χ1) is 13.2. The number of thioether (sulfide) groups is 1. The predicted octanol–water partition coefficient (Wildman–Crippen LogP) is 3.96. The number of aromatic nitrogens is 3. The molecule has 0 unspecified atom stereocenters. The number of hydrogen-bond donors (Lipinski definition) is 2. The molecule has 2 heterocycles. The molecule has 3 N–H and O–H groups in total. The summed E-state index contributed by atoms with van der Waals surface area (Å²) in [6.45, 7) is 1.73. The zero-order valence-electron chi connectivity index (χ0n) is 14.2. The molecule has 0 fully saturated rings. The Morgan fingerprint density at radius 3 is 2.75 bits per heavy atom. The zero-order chi connectivity index (χ0) is 20.5. The van der Waals surface area contributed by atoms with E-state index < -0.39 is 17.6 Å². The van der Waals surface area contributed by atoms with Crippen molar-refractivity contribution >= 4 is 35.0 Å². The van der Waals surface area contributed by atoms with Crippen molar-refractivity contribution in [1.29, 1.82) is 0 Å². The molecular formula is C16H13ClF3N5O2S. The number of amides is 1. The van der Waals surface area contributed by atoms with E-state index in [-0.39, 0.29) is 21.6 Å². The maximum Gasteiger partial charge on any atom is 0.418 e. The molecule has 0 atom stereocenters. The SMILES string of the molecule is Cc1occc1-c1nnc(SCC(=O)Nc2ccc(Cl)cc2C(F)(F)F)n1N. The van der Waals surface area contributed by atoms with Gasteiger partial charge in [0.1, 0.15) is 5.76 Å². The molecule has 0 spiro atoms.